The third kappa shape index (κ3) is 2.48. The molecule has 0 unspecified atom stereocenters. The Kier molecular flexibility index (Phi) is 4.61. The van der Waals surface area contributed by atoms with Crippen molar-refractivity contribution in [2.75, 3.05) is 25.5 Å². The molecule has 3 aromatic rings. The Labute approximate surface area is 204 Å². The SMILES string of the molecule is CN1C(=O)[C@]2(c3cc(F)ccc31)N(C)C[C@@H](c1ccco1)[C@@]21SC(=S)N(Cc2ccco2)C1=O. The number of likely N-dealkylation sites (N-methyl/N-ethyl adjacent to an activating group) is 2. The lowest BCUT2D eigenvalue weighted by atomic mass is 9.73. The summed E-state index contributed by atoms with van der Waals surface area (Å²) in [5, 5.41) is 0. The normalized spacial score (nSPS) is 28.8. The number of nitrogens with zero attached hydrogens (tertiary/aromatic N) is 3. The van der Waals surface area contributed by atoms with E-state index in [0.717, 1.165) is 0 Å². The molecular formula is C24H20FN3O4S2. The molecule has 3 atom stereocenters. The van der Waals surface area contributed by atoms with E-state index in [1.54, 1.807) is 50.7 Å². The number of hydrogen-bond acceptors (Lipinski definition) is 7. The van der Waals surface area contributed by atoms with Crippen molar-refractivity contribution in [3.05, 3.63) is 77.9 Å². The van der Waals surface area contributed by atoms with Crippen LogP contribution in [0.4, 0.5) is 10.1 Å². The second kappa shape index (κ2) is 7.27. The number of carbonyl (C=O) groups excluding carboxylic acids is 2. The molecule has 6 rings (SSSR count). The maximum absolute atomic E-state index is 14.6. The maximum Gasteiger partial charge on any atom is 0.254 e. The Morgan fingerprint density at radius 2 is 1.88 bits per heavy atom. The molecule has 3 aliphatic rings. The molecule has 174 valence electrons. The summed E-state index contributed by atoms with van der Waals surface area (Å²) in [4.78, 5) is 33.5. The van der Waals surface area contributed by atoms with Crippen LogP contribution in [0.3, 0.4) is 0 Å². The van der Waals surface area contributed by atoms with Gasteiger partial charge in [-0.1, -0.05) is 24.0 Å². The molecule has 0 N–H and O–H groups in total. The zero-order chi connectivity index (χ0) is 23.8. The lowest BCUT2D eigenvalue weighted by Crippen LogP contribution is -2.62. The Balaban J connectivity index is 1.61. The molecule has 0 bridgehead atoms. The third-order valence-corrected chi connectivity index (χ3v) is 9.14. The molecule has 0 saturated carbocycles. The van der Waals surface area contributed by atoms with Crippen LogP contribution in [0.1, 0.15) is 23.0 Å². The fourth-order valence-electron chi connectivity index (χ4n) is 5.80. The van der Waals surface area contributed by atoms with E-state index >= 15 is 0 Å². The van der Waals surface area contributed by atoms with E-state index in [1.165, 1.54) is 40.0 Å². The Morgan fingerprint density at radius 3 is 2.59 bits per heavy atom. The molecule has 0 radical (unpaired) electrons. The van der Waals surface area contributed by atoms with Crippen LogP contribution in [0.25, 0.3) is 0 Å². The van der Waals surface area contributed by atoms with Gasteiger partial charge in [-0.15, -0.1) is 0 Å². The summed E-state index contributed by atoms with van der Waals surface area (Å²) in [5.41, 5.74) is -0.443. The number of hydrogen-bond donors (Lipinski definition) is 0. The summed E-state index contributed by atoms with van der Waals surface area (Å²) < 4.78 is 24.8. The van der Waals surface area contributed by atoms with Crippen molar-refractivity contribution < 1.29 is 22.8 Å². The summed E-state index contributed by atoms with van der Waals surface area (Å²) in [6.07, 6.45) is 3.08. The number of halogens is 1. The largest absolute Gasteiger partial charge is 0.469 e. The first-order chi connectivity index (χ1) is 16.3. The number of likely N-dealkylation sites (tertiary alicyclic amines) is 1. The lowest BCUT2D eigenvalue weighted by Gasteiger charge is -2.41. The monoisotopic (exact) mass is 497 g/mol. The van der Waals surface area contributed by atoms with Gasteiger partial charge in [-0.05, 0) is 49.5 Å². The van der Waals surface area contributed by atoms with Gasteiger partial charge in [0.15, 0.2) is 5.54 Å². The highest BCUT2D eigenvalue weighted by Crippen LogP contribution is 2.66. The quantitative estimate of drug-likeness (QED) is 0.511. The van der Waals surface area contributed by atoms with Gasteiger partial charge in [0.05, 0.1) is 25.0 Å². The number of carbonyl (C=O) groups is 2. The van der Waals surface area contributed by atoms with Gasteiger partial charge in [0, 0.05) is 24.8 Å². The first-order valence-electron chi connectivity index (χ1n) is 10.7. The number of anilines is 1. The fourth-order valence-corrected chi connectivity index (χ4v) is 7.91. The zero-order valence-corrected chi connectivity index (χ0v) is 20.0. The van der Waals surface area contributed by atoms with Crippen LogP contribution in [0, 0.1) is 5.82 Å². The van der Waals surface area contributed by atoms with Crippen LogP contribution in [-0.4, -0.2) is 51.3 Å². The second-order valence-electron chi connectivity index (χ2n) is 8.76. The molecular weight excluding hydrogens is 477 g/mol. The summed E-state index contributed by atoms with van der Waals surface area (Å²) in [6.45, 7) is 0.489. The lowest BCUT2D eigenvalue weighted by molar-refractivity contribution is -0.139. The van der Waals surface area contributed by atoms with Crippen LogP contribution >= 0.6 is 24.0 Å². The summed E-state index contributed by atoms with van der Waals surface area (Å²) >= 11 is 6.90. The van der Waals surface area contributed by atoms with E-state index in [4.69, 9.17) is 21.1 Å². The molecule has 3 aliphatic heterocycles. The number of amides is 2. The number of thiocarbonyl (C=S) groups is 1. The van der Waals surface area contributed by atoms with E-state index in [0.29, 0.717) is 33.6 Å². The molecule has 2 aromatic heterocycles. The fraction of sp³-hybridized carbons (Fsp3) is 0.292. The van der Waals surface area contributed by atoms with Crippen molar-refractivity contribution in [1.29, 1.82) is 0 Å². The van der Waals surface area contributed by atoms with E-state index in [2.05, 4.69) is 0 Å². The van der Waals surface area contributed by atoms with Crippen LogP contribution in [0.2, 0.25) is 0 Å². The Morgan fingerprint density at radius 1 is 1.12 bits per heavy atom. The average Bonchev–Trinajstić information content (AvgIpc) is 3.61. The molecule has 2 spiro atoms. The first kappa shape index (κ1) is 21.6. The topological polar surface area (TPSA) is 70.1 Å². The van der Waals surface area contributed by atoms with E-state index in [-0.39, 0.29) is 18.4 Å². The summed E-state index contributed by atoms with van der Waals surface area (Å²) in [6, 6.07) is 11.4. The molecule has 5 heterocycles. The number of furan rings is 2. The van der Waals surface area contributed by atoms with Gasteiger partial charge in [-0.25, -0.2) is 4.39 Å². The van der Waals surface area contributed by atoms with Gasteiger partial charge >= 0.3 is 0 Å². The summed E-state index contributed by atoms with van der Waals surface area (Å²) in [7, 11) is 3.45. The number of fused-ring (bicyclic) bond motifs is 3. The third-order valence-electron chi connectivity index (χ3n) is 7.19. The maximum atomic E-state index is 14.6. The highest BCUT2D eigenvalue weighted by atomic mass is 32.2. The minimum Gasteiger partial charge on any atom is -0.469 e. The molecule has 1 aromatic carbocycles. The van der Waals surface area contributed by atoms with Crippen LogP contribution in [0.5, 0.6) is 0 Å². The van der Waals surface area contributed by atoms with Gasteiger partial charge in [0.25, 0.3) is 5.91 Å². The molecule has 7 nitrogen and oxygen atoms in total. The second-order valence-corrected chi connectivity index (χ2v) is 10.6. The van der Waals surface area contributed by atoms with E-state index in [9.17, 15) is 14.0 Å². The van der Waals surface area contributed by atoms with Gasteiger partial charge in [0.2, 0.25) is 5.91 Å². The number of benzene rings is 1. The predicted octanol–water partition coefficient (Wildman–Crippen LogP) is 3.71. The average molecular weight is 498 g/mol. The molecule has 2 saturated heterocycles. The van der Waals surface area contributed by atoms with Gasteiger partial charge in [0.1, 0.15) is 26.4 Å². The highest BCUT2D eigenvalue weighted by molar-refractivity contribution is 8.25. The van der Waals surface area contributed by atoms with Crippen LogP contribution < -0.4 is 4.90 Å². The first-order valence-corrected chi connectivity index (χ1v) is 11.9. The van der Waals surface area contributed by atoms with Gasteiger partial charge in [-0.3, -0.25) is 19.4 Å². The molecule has 2 amide bonds. The predicted molar refractivity (Wildman–Crippen MR) is 128 cm³/mol. The molecule has 10 heteroatoms. The minimum absolute atomic E-state index is 0.143. The van der Waals surface area contributed by atoms with E-state index in [1.807, 2.05) is 4.90 Å². The van der Waals surface area contributed by atoms with Crippen molar-refractivity contribution in [1.82, 2.24) is 9.80 Å². The Bertz CT molecular complexity index is 1330. The molecule has 2 fully saturated rings. The number of rotatable bonds is 3. The Hall–Kier alpha value is -2.95. The van der Waals surface area contributed by atoms with Crippen molar-refractivity contribution >= 4 is 45.8 Å². The summed E-state index contributed by atoms with van der Waals surface area (Å²) in [5.74, 6) is -0.443. The van der Waals surface area contributed by atoms with Crippen molar-refractivity contribution in [2.24, 2.45) is 0 Å². The molecule has 0 aliphatic carbocycles. The standard InChI is InChI=1S/C24H20FN3O4S2/c1-26-13-17(19-6-4-10-32-19)24(21(30)28(22(33)34-24)12-15-5-3-9-31-15)23(26)16-11-14(25)7-8-18(16)27(2)20(23)29/h3-11,17H,12-13H2,1-2H3/t17-,23-,24-/m0/s1. The van der Waals surface area contributed by atoms with Gasteiger partial charge in [-0.2, -0.15) is 0 Å². The van der Waals surface area contributed by atoms with E-state index < -0.39 is 22.0 Å². The minimum atomic E-state index is -1.47. The van der Waals surface area contributed by atoms with Crippen molar-refractivity contribution in [2.45, 2.75) is 22.7 Å². The van der Waals surface area contributed by atoms with Gasteiger partial charge < -0.3 is 13.7 Å². The highest BCUT2D eigenvalue weighted by Gasteiger charge is 2.79. The smallest absolute Gasteiger partial charge is 0.254 e. The van der Waals surface area contributed by atoms with Crippen molar-refractivity contribution in [3.8, 4) is 0 Å². The van der Waals surface area contributed by atoms with Crippen molar-refractivity contribution in [3.63, 3.8) is 0 Å². The number of thioether (sulfide) groups is 1. The zero-order valence-electron chi connectivity index (χ0n) is 18.4. The van der Waals surface area contributed by atoms with Crippen LogP contribution in [-0.2, 0) is 21.7 Å². The molecule has 34 heavy (non-hydrogen) atoms. The van der Waals surface area contributed by atoms with Crippen LogP contribution in [0.15, 0.2) is 63.8 Å².